The minimum absolute atomic E-state index is 0.0313. The smallest absolute Gasteiger partial charge is 0.407 e. The third-order valence-corrected chi connectivity index (χ3v) is 6.85. The summed E-state index contributed by atoms with van der Waals surface area (Å²) in [6.45, 7) is 2.90. The lowest BCUT2D eigenvalue weighted by molar-refractivity contribution is -0.140. The van der Waals surface area contributed by atoms with Gasteiger partial charge in [0.1, 0.15) is 6.61 Å². The standard InChI is InChI=1S/C27H32N2O6/c1-2-18(14-25(30)29-24-11-12-34-15-17(24)13-26(31)32)28-27(33)35-16-23-21-9-5-3-7-19(21)20-8-4-6-10-22(20)23/h3-10,17-18,23-24H,2,11-16H2,1H3,(H,28,33)(H,29,30)(H,31,32)/t17?,18-,24?/m0/s1. The molecule has 1 aliphatic carbocycles. The summed E-state index contributed by atoms with van der Waals surface area (Å²) in [7, 11) is 0. The fourth-order valence-corrected chi connectivity index (χ4v) is 5.01. The molecule has 35 heavy (non-hydrogen) atoms. The van der Waals surface area contributed by atoms with E-state index in [1.165, 1.54) is 0 Å². The molecular weight excluding hydrogens is 448 g/mol. The number of aliphatic carboxylic acids is 1. The highest BCUT2D eigenvalue weighted by Gasteiger charge is 2.31. The molecule has 2 aromatic carbocycles. The number of carboxylic acid groups (broad SMARTS) is 1. The molecule has 8 nitrogen and oxygen atoms in total. The van der Waals surface area contributed by atoms with Gasteiger partial charge < -0.3 is 25.2 Å². The van der Waals surface area contributed by atoms with E-state index in [9.17, 15) is 14.4 Å². The van der Waals surface area contributed by atoms with E-state index >= 15 is 0 Å². The molecule has 0 saturated carbocycles. The van der Waals surface area contributed by atoms with Crippen LogP contribution in [0, 0.1) is 5.92 Å². The molecule has 1 aliphatic heterocycles. The van der Waals surface area contributed by atoms with Crippen molar-refractivity contribution in [1.29, 1.82) is 0 Å². The molecule has 0 spiro atoms. The molecule has 0 radical (unpaired) electrons. The molecule has 1 heterocycles. The van der Waals surface area contributed by atoms with Gasteiger partial charge in [-0.25, -0.2) is 4.79 Å². The van der Waals surface area contributed by atoms with Gasteiger partial charge in [-0.15, -0.1) is 0 Å². The SMILES string of the molecule is CC[C@@H](CC(=O)NC1CCOCC1CC(=O)O)NC(=O)OCC1c2ccccc2-c2ccccc21. The van der Waals surface area contributed by atoms with Crippen molar-refractivity contribution in [2.24, 2.45) is 5.92 Å². The molecule has 3 atom stereocenters. The Bertz CT molecular complexity index is 1030. The van der Waals surface area contributed by atoms with E-state index in [4.69, 9.17) is 14.6 Å². The molecule has 1 fully saturated rings. The largest absolute Gasteiger partial charge is 0.481 e. The van der Waals surface area contributed by atoms with Crippen LogP contribution in [-0.4, -0.2) is 55.0 Å². The molecule has 3 N–H and O–H groups in total. The summed E-state index contributed by atoms with van der Waals surface area (Å²) in [5, 5.41) is 14.9. The van der Waals surface area contributed by atoms with Crippen LogP contribution in [0.1, 0.15) is 49.7 Å². The van der Waals surface area contributed by atoms with E-state index in [0.717, 1.165) is 22.3 Å². The quantitative estimate of drug-likeness (QED) is 0.504. The fraction of sp³-hybridized carbons (Fsp3) is 0.444. The zero-order valence-corrected chi connectivity index (χ0v) is 19.9. The highest BCUT2D eigenvalue weighted by Crippen LogP contribution is 2.44. The summed E-state index contributed by atoms with van der Waals surface area (Å²) < 4.78 is 11.0. The Balaban J connectivity index is 1.30. The summed E-state index contributed by atoms with van der Waals surface area (Å²) >= 11 is 0. The number of hydrogen-bond acceptors (Lipinski definition) is 5. The van der Waals surface area contributed by atoms with Gasteiger partial charge in [-0.05, 0) is 35.1 Å². The number of amides is 2. The van der Waals surface area contributed by atoms with Crippen molar-refractivity contribution in [3.8, 4) is 11.1 Å². The Morgan fingerprint density at radius 1 is 1.09 bits per heavy atom. The summed E-state index contributed by atoms with van der Waals surface area (Å²) in [6, 6.07) is 15.6. The second-order valence-corrected chi connectivity index (χ2v) is 9.17. The van der Waals surface area contributed by atoms with Crippen LogP contribution in [0.15, 0.2) is 48.5 Å². The summed E-state index contributed by atoms with van der Waals surface area (Å²) in [5.41, 5.74) is 4.60. The minimum atomic E-state index is -0.914. The van der Waals surface area contributed by atoms with Crippen LogP contribution in [0.4, 0.5) is 4.79 Å². The molecule has 8 heteroatoms. The molecule has 0 aromatic heterocycles. The maximum Gasteiger partial charge on any atom is 0.407 e. The van der Waals surface area contributed by atoms with Gasteiger partial charge in [0.25, 0.3) is 0 Å². The highest BCUT2D eigenvalue weighted by molar-refractivity contribution is 5.80. The van der Waals surface area contributed by atoms with Crippen LogP contribution >= 0.6 is 0 Å². The first kappa shape index (κ1) is 24.7. The highest BCUT2D eigenvalue weighted by atomic mass is 16.5. The van der Waals surface area contributed by atoms with E-state index in [1.807, 2.05) is 31.2 Å². The lowest BCUT2D eigenvalue weighted by Gasteiger charge is -2.31. The van der Waals surface area contributed by atoms with Crippen molar-refractivity contribution in [3.63, 3.8) is 0 Å². The Morgan fingerprint density at radius 2 is 1.74 bits per heavy atom. The number of carbonyl (C=O) groups excluding carboxylic acids is 2. The molecule has 0 bridgehead atoms. The van der Waals surface area contributed by atoms with Crippen molar-refractivity contribution in [3.05, 3.63) is 59.7 Å². The van der Waals surface area contributed by atoms with Gasteiger partial charge in [-0.3, -0.25) is 9.59 Å². The molecule has 1 saturated heterocycles. The molecule has 2 amide bonds. The fourth-order valence-electron chi connectivity index (χ4n) is 5.01. The first-order valence-corrected chi connectivity index (χ1v) is 12.2. The van der Waals surface area contributed by atoms with Gasteiger partial charge in [-0.1, -0.05) is 55.5 Å². The predicted octanol–water partition coefficient (Wildman–Crippen LogP) is 3.69. The molecule has 4 rings (SSSR count). The van der Waals surface area contributed by atoms with E-state index < -0.39 is 12.1 Å². The zero-order chi connectivity index (χ0) is 24.8. The van der Waals surface area contributed by atoms with Gasteiger partial charge in [0.05, 0.1) is 13.0 Å². The molecule has 2 aromatic rings. The second-order valence-electron chi connectivity index (χ2n) is 9.17. The van der Waals surface area contributed by atoms with E-state index in [2.05, 4.69) is 34.9 Å². The first-order chi connectivity index (χ1) is 17.0. The topological polar surface area (TPSA) is 114 Å². The Kier molecular flexibility index (Phi) is 8.02. The summed E-state index contributed by atoms with van der Waals surface area (Å²) in [5.74, 6) is -1.43. The molecule has 2 aliphatic rings. The van der Waals surface area contributed by atoms with Crippen LogP contribution in [0.5, 0.6) is 0 Å². The molecule has 2 unspecified atom stereocenters. The van der Waals surface area contributed by atoms with Gasteiger partial charge in [0, 0.05) is 36.9 Å². The number of nitrogens with one attached hydrogen (secondary N) is 2. The van der Waals surface area contributed by atoms with Gasteiger partial charge in [0.15, 0.2) is 0 Å². The van der Waals surface area contributed by atoms with Crippen LogP contribution in [0.3, 0.4) is 0 Å². The van der Waals surface area contributed by atoms with Crippen LogP contribution in [0.25, 0.3) is 11.1 Å². The minimum Gasteiger partial charge on any atom is -0.481 e. The average Bonchev–Trinajstić information content (AvgIpc) is 3.17. The van der Waals surface area contributed by atoms with E-state index in [1.54, 1.807) is 0 Å². The third-order valence-electron chi connectivity index (χ3n) is 6.85. The van der Waals surface area contributed by atoms with Gasteiger partial charge in [0.2, 0.25) is 5.91 Å². The molecular formula is C27H32N2O6. The molecule has 186 valence electrons. The number of fused-ring (bicyclic) bond motifs is 3. The normalized spacial score (nSPS) is 19.8. The number of benzene rings is 2. The summed E-state index contributed by atoms with van der Waals surface area (Å²) in [6.07, 6.45) is 0.615. The van der Waals surface area contributed by atoms with Crippen molar-refractivity contribution >= 4 is 18.0 Å². The average molecular weight is 481 g/mol. The van der Waals surface area contributed by atoms with Crippen molar-refractivity contribution < 1.29 is 29.0 Å². The van der Waals surface area contributed by atoms with Crippen LogP contribution in [0.2, 0.25) is 0 Å². The van der Waals surface area contributed by atoms with E-state index in [-0.39, 0.29) is 49.3 Å². The number of carboxylic acids is 1. The first-order valence-electron chi connectivity index (χ1n) is 12.2. The number of rotatable bonds is 9. The Hall–Kier alpha value is -3.39. The van der Waals surface area contributed by atoms with Gasteiger partial charge >= 0.3 is 12.1 Å². The van der Waals surface area contributed by atoms with Gasteiger partial charge in [-0.2, -0.15) is 0 Å². The predicted molar refractivity (Wildman–Crippen MR) is 130 cm³/mol. The maximum atomic E-state index is 12.6. The number of ether oxygens (including phenoxy) is 2. The summed E-state index contributed by atoms with van der Waals surface area (Å²) in [4.78, 5) is 36.3. The van der Waals surface area contributed by atoms with Crippen molar-refractivity contribution in [1.82, 2.24) is 10.6 Å². The Labute approximate surface area is 205 Å². The second kappa shape index (κ2) is 11.4. The number of hydrogen-bond donors (Lipinski definition) is 3. The lowest BCUT2D eigenvalue weighted by Crippen LogP contribution is -2.48. The maximum absolute atomic E-state index is 12.6. The monoisotopic (exact) mass is 480 g/mol. The Morgan fingerprint density at radius 3 is 2.37 bits per heavy atom. The van der Waals surface area contributed by atoms with Crippen molar-refractivity contribution in [2.45, 2.75) is 50.6 Å². The zero-order valence-electron chi connectivity index (χ0n) is 19.9. The number of carbonyl (C=O) groups is 3. The van der Waals surface area contributed by atoms with Crippen LogP contribution < -0.4 is 10.6 Å². The third kappa shape index (κ3) is 6.00. The lowest BCUT2D eigenvalue weighted by atomic mass is 9.92. The van der Waals surface area contributed by atoms with Crippen LogP contribution in [-0.2, 0) is 19.1 Å². The number of alkyl carbamates (subject to hydrolysis) is 1. The van der Waals surface area contributed by atoms with E-state index in [0.29, 0.717) is 26.1 Å². The van der Waals surface area contributed by atoms with Crippen molar-refractivity contribution in [2.75, 3.05) is 19.8 Å².